The highest BCUT2D eigenvalue weighted by Gasteiger charge is 2.12. The molecule has 0 saturated heterocycles. The van der Waals surface area contributed by atoms with Crippen LogP contribution in [0.3, 0.4) is 0 Å². The summed E-state index contributed by atoms with van der Waals surface area (Å²) in [6.45, 7) is 0. The maximum atomic E-state index is 12.9. The molecule has 0 aliphatic carbocycles. The van der Waals surface area contributed by atoms with Crippen molar-refractivity contribution in [3.8, 4) is 11.3 Å². The van der Waals surface area contributed by atoms with Gasteiger partial charge in [-0.2, -0.15) is 0 Å². The molecule has 4 nitrogen and oxygen atoms in total. The van der Waals surface area contributed by atoms with Crippen LogP contribution in [0.15, 0.2) is 65.1 Å². The molecule has 3 aromatic rings. The summed E-state index contributed by atoms with van der Waals surface area (Å²) in [6, 6.07) is 16.0. The minimum Gasteiger partial charge on any atom is -0.451 e. The van der Waals surface area contributed by atoms with Gasteiger partial charge in [-0.25, -0.2) is 4.39 Å². The van der Waals surface area contributed by atoms with E-state index >= 15 is 0 Å². The number of hydrogen-bond donors (Lipinski definition) is 2. The number of benzene rings is 2. The minimum atomic E-state index is -0.376. The maximum Gasteiger partial charge on any atom is 0.291 e. The van der Waals surface area contributed by atoms with E-state index < -0.39 is 0 Å². The molecular formula is C17H13FN2O2. The van der Waals surface area contributed by atoms with E-state index in [1.165, 1.54) is 12.1 Å². The number of hydrogen-bond acceptors (Lipinski definition) is 3. The van der Waals surface area contributed by atoms with E-state index in [2.05, 4.69) is 5.32 Å². The molecule has 0 atom stereocenters. The fraction of sp³-hybridized carbons (Fsp3) is 0. The number of amides is 1. The quantitative estimate of drug-likeness (QED) is 0.720. The molecule has 0 unspecified atom stereocenters. The van der Waals surface area contributed by atoms with Crippen molar-refractivity contribution in [3.05, 3.63) is 72.2 Å². The third-order valence-electron chi connectivity index (χ3n) is 3.10. The van der Waals surface area contributed by atoms with Crippen molar-refractivity contribution in [1.82, 2.24) is 0 Å². The van der Waals surface area contributed by atoms with Gasteiger partial charge in [-0.15, -0.1) is 0 Å². The Labute approximate surface area is 126 Å². The smallest absolute Gasteiger partial charge is 0.291 e. The van der Waals surface area contributed by atoms with E-state index in [0.717, 1.165) is 0 Å². The van der Waals surface area contributed by atoms with Gasteiger partial charge in [-0.1, -0.05) is 6.07 Å². The van der Waals surface area contributed by atoms with Crippen LogP contribution in [0.25, 0.3) is 11.3 Å². The fourth-order valence-corrected chi connectivity index (χ4v) is 2.04. The van der Waals surface area contributed by atoms with Gasteiger partial charge in [-0.3, -0.25) is 4.79 Å². The zero-order chi connectivity index (χ0) is 15.5. The third kappa shape index (κ3) is 2.98. The SMILES string of the molecule is Nc1cccc(NC(=O)c2ccc(-c3ccc(F)cc3)o2)c1. The first kappa shape index (κ1) is 13.9. The monoisotopic (exact) mass is 296 g/mol. The van der Waals surface area contributed by atoms with E-state index in [9.17, 15) is 9.18 Å². The Morgan fingerprint density at radius 1 is 1.05 bits per heavy atom. The molecule has 0 aliphatic heterocycles. The molecule has 0 radical (unpaired) electrons. The lowest BCUT2D eigenvalue weighted by Gasteiger charge is -2.03. The first-order valence-electron chi connectivity index (χ1n) is 6.64. The summed E-state index contributed by atoms with van der Waals surface area (Å²) < 4.78 is 18.4. The van der Waals surface area contributed by atoms with Crippen LogP contribution < -0.4 is 11.1 Å². The lowest BCUT2D eigenvalue weighted by Crippen LogP contribution is -2.10. The Morgan fingerprint density at radius 2 is 1.82 bits per heavy atom. The summed E-state index contributed by atoms with van der Waals surface area (Å²) in [5.74, 6) is -0.0339. The van der Waals surface area contributed by atoms with Crippen molar-refractivity contribution < 1.29 is 13.6 Å². The van der Waals surface area contributed by atoms with E-state index in [1.807, 2.05) is 0 Å². The summed E-state index contributed by atoms with van der Waals surface area (Å²) >= 11 is 0. The Hall–Kier alpha value is -3.08. The van der Waals surface area contributed by atoms with Crippen molar-refractivity contribution in [2.45, 2.75) is 0 Å². The van der Waals surface area contributed by atoms with Gasteiger partial charge >= 0.3 is 0 Å². The second-order valence-corrected chi connectivity index (χ2v) is 4.75. The van der Waals surface area contributed by atoms with Crippen molar-refractivity contribution in [2.24, 2.45) is 0 Å². The van der Waals surface area contributed by atoms with Crippen LogP contribution in [0.1, 0.15) is 10.6 Å². The Morgan fingerprint density at radius 3 is 2.55 bits per heavy atom. The summed E-state index contributed by atoms with van der Waals surface area (Å²) in [5.41, 5.74) is 7.51. The highest BCUT2D eigenvalue weighted by atomic mass is 19.1. The molecular weight excluding hydrogens is 283 g/mol. The molecule has 2 aromatic carbocycles. The molecule has 3 rings (SSSR count). The van der Waals surface area contributed by atoms with Crippen molar-refractivity contribution in [3.63, 3.8) is 0 Å². The van der Waals surface area contributed by atoms with Gasteiger partial charge in [-0.05, 0) is 54.6 Å². The lowest BCUT2D eigenvalue weighted by atomic mass is 10.2. The second kappa shape index (κ2) is 5.73. The van der Waals surface area contributed by atoms with Gasteiger partial charge in [0.05, 0.1) is 0 Å². The molecule has 0 aliphatic rings. The van der Waals surface area contributed by atoms with E-state index in [1.54, 1.807) is 48.5 Å². The second-order valence-electron chi connectivity index (χ2n) is 4.75. The van der Waals surface area contributed by atoms with Gasteiger partial charge in [0.2, 0.25) is 0 Å². The van der Waals surface area contributed by atoms with Crippen LogP contribution in [0.2, 0.25) is 0 Å². The average Bonchev–Trinajstić information content (AvgIpc) is 2.98. The molecule has 1 aromatic heterocycles. The third-order valence-corrected chi connectivity index (χ3v) is 3.10. The molecule has 0 spiro atoms. The number of nitrogens with two attached hydrogens (primary N) is 1. The predicted molar refractivity (Wildman–Crippen MR) is 82.9 cm³/mol. The van der Waals surface area contributed by atoms with Crippen LogP contribution in [0, 0.1) is 5.82 Å². The van der Waals surface area contributed by atoms with Crippen molar-refractivity contribution in [2.75, 3.05) is 11.1 Å². The van der Waals surface area contributed by atoms with Crippen LogP contribution in [0.4, 0.5) is 15.8 Å². The van der Waals surface area contributed by atoms with E-state index in [4.69, 9.17) is 10.2 Å². The molecule has 22 heavy (non-hydrogen) atoms. The molecule has 0 saturated carbocycles. The van der Waals surface area contributed by atoms with Gasteiger partial charge in [0, 0.05) is 16.9 Å². The maximum absolute atomic E-state index is 12.9. The van der Waals surface area contributed by atoms with Gasteiger partial charge in [0.1, 0.15) is 11.6 Å². The molecule has 1 amide bonds. The normalized spacial score (nSPS) is 10.4. The van der Waals surface area contributed by atoms with Crippen molar-refractivity contribution in [1.29, 1.82) is 0 Å². The number of carbonyl (C=O) groups excluding carboxylic acids is 1. The highest BCUT2D eigenvalue weighted by molar-refractivity contribution is 6.02. The highest BCUT2D eigenvalue weighted by Crippen LogP contribution is 2.23. The number of halogens is 1. The zero-order valence-corrected chi connectivity index (χ0v) is 11.5. The first-order valence-corrected chi connectivity index (χ1v) is 6.64. The molecule has 5 heteroatoms. The molecule has 3 N–H and O–H groups in total. The fourth-order valence-electron chi connectivity index (χ4n) is 2.04. The molecule has 0 bridgehead atoms. The molecule has 110 valence electrons. The van der Waals surface area contributed by atoms with Gasteiger partial charge in [0.25, 0.3) is 5.91 Å². The first-order chi connectivity index (χ1) is 10.6. The van der Waals surface area contributed by atoms with Gasteiger partial charge in [0.15, 0.2) is 5.76 Å². The number of furan rings is 1. The lowest BCUT2D eigenvalue weighted by molar-refractivity contribution is 0.0997. The number of nitrogens with one attached hydrogen (secondary N) is 1. The summed E-state index contributed by atoms with van der Waals surface area (Å²) in [7, 11) is 0. The van der Waals surface area contributed by atoms with Crippen LogP contribution in [-0.2, 0) is 0 Å². The number of anilines is 2. The van der Waals surface area contributed by atoms with Crippen LogP contribution >= 0.6 is 0 Å². The van der Waals surface area contributed by atoms with Gasteiger partial charge < -0.3 is 15.5 Å². The Balaban J connectivity index is 1.78. The van der Waals surface area contributed by atoms with Crippen LogP contribution in [-0.4, -0.2) is 5.91 Å². The zero-order valence-electron chi connectivity index (χ0n) is 11.5. The van der Waals surface area contributed by atoms with Crippen LogP contribution in [0.5, 0.6) is 0 Å². The number of carbonyl (C=O) groups is 1. The number of rotatable bonds is 3. The molecule has 1 heterocycles. The predicted octanol–water partition coefficient (Wildman–Crippen LogP) is 3.92. The van der Waals surface area contributed by atoms with E-state index in [0.29, 0.717) is 22.7 Å². The summed E-state index contributed by atoms with van der Waals surface area (Å²) in [4.78, 5) is 12.1. The van der Waals surface area contributed by atoms with E-state index in [-0.39, 0.29) is 17.5 Å². The topological polar surface area (TPSA) is 68.3 Å². The summed E-state index contributed by atoms with van der Waals surface area (Å²) in [5, 5.41) is 2.70. The van der Waals surface area contributed by atoms with Crippen molar-refractivity contribution >= 4 is 17.3 Å². The number of nitrogen functional groups attached to an aromatic ring is 1. The minimum absolute atomic E-state index is 0.168. The molecule has 0 fully saturated rings. The average molecular weight is 296 g/mol. The largest absolute Gasteiger partial charge is 0.451 e. The standard InChI is InChI=1S/C17H13FN2O2/c18-12-6-4-11(5-7-12)15-8-9-16(22-15)17(21)20-14-3-1-2-13(19)10-14/h1-10H,19H2,(H,20,21). The Kier molecular flexibility index (Phi) is 3.62. The summed E-state index contributed by atoms with van der Waals surface area (Å²) in [6.07, 6.45) is 0. The Bertz CT molecular complexity index is 810.